The number of nitrogens with one attached hydrogen (secondary N) is 1. The van der Waals surface area contributed by atoms with Crippen LogP contribution in [0, 0.1) is 0 Å². The fraction of sp³-hybridized carbons (Fsp3) is 0.500. The maximum atomic E-state index is 13.0. The molecule has 0 radical (unpaired) electrons. The van der Waals surface area contributed by atoms with Crippen molar-refractivity contribution in [2.45, 2.75) is 31.5 Å². The Balaban J connectivity index is 1.42. The molecule has 0 bridgehead atoms. The number of nitrogens with zero attached hydrogens (tertiary/aromatic N) is 6. The van der Waals surface area contributed by atoms with Crippen molar-refractivity contribution in [1.82, 2.24) is 29.0 Å². The molecule has 5 rings (SSSR count). The lowest BCUT2D eigenvalue weighted by atomic mass is 9.97. The highest BCUT2D eigenvalue weighted by molar-refractivity contribution is 7.88. The van der Waals surface area contributed by atoms with Gasteiger partial charge in [-0.05, 0) is 31.2 Å². The molecular weight excluding hydrogens is 571 g/mol. The third-order valence-electron chi connectivity index (χ3n) is 6.88. The van der Waals surface area contributed by atoms with Crippen LogP contribution in [0.2, 0.25) is 0 Å². The number of likely N-dealkylation sites (N-methyl/N-ethyl adjacent to an activating group) is 1. The number of anilines is 2. The lowest BCUT2D eigenvalue weighted by Crippen LogP contribution is -2.46. The molecule has 1 aromatic carbocycles. The van der Waals surface area contributed by atoms with Crippen molar-refractivity contribution in [3.05, 3.63) is 35.7 Å². The van der Waals surface area contributed by atoms with Crippen LogP contribution in [0.15, 0.2) is 24.5 Å². The lowest BCUT2D eigenvalue weighted by molar-refractivity contribution is -0.213. The fourth-order valence-electron chi connectivity index (χ4n) is 4.80. The normalized spacial score (nSPS) is 20.5. The van der Waals surface area contributed by atoms with Gasteiger partial charge < -0.3 is 19.5 Å². The summed E-state index contributed by atoms with van der Waals surface area (Å²) in [6, 6.07) is 3.23. The van der Waals surface area contributed by atoms with Crippen molar-refractivity contribution >= 4 is 38.7 Å². The molecule has 3 aromatic rings. The number of methoxy groups -OCH3 is 1. The molecule has 1 N–H and O–H groups in total. The van der Waals surface area contributed by atoms with E-state index in [0.717, 1.165) is 6.26 Å². The maximum absolute atomic E-state index is 13.0. The fourth-order valence-corrected chi connectivity index (χ4v) is 5.65. The van der Waals surface area contributed by atoms with Crippen LogP contribution in [0.25, 0.3) is 11.0 Å². The molecular formula is C24H28F3N7O6S. The van der Waals surface area contributed by atoms with Gasteiger partial charge in [-0.2, -0.15) is 27.6 Å². The van der Waals surface area contributed by atoms with Crippen molar-refractivity contribution in [3.63, 3.8) is 0 Å². The Hall–Kier alpha value is -3.54. The minimum absolute atomic E-state index is 0.146. The van der Waals surface area contributed by atoms with Gasteiger partial charge >= 0.3 is 12.1 Å². The van der Waals surface area contributed by atoms with Gasteiger partial charge in [0.05, 0.1) is 49.9 Å². The smallest absolute Gasteiger partial charge is 0.490 e. The molecule has 2 aliphatic rings. The van der Waals surface area contributed by atoms with Gasteiger partial charge in [0.25, 0.3) is 0 Å². The quantitative estimate of drug-likeness (QED) is 0.398. The molecule has 2 atom stereocenters. The first-order valence-electron chi connectivity index (χ1n) is 12.5. The number of benzene rings is 1. The summed E-state index contributed by atoms with van der Waals surface area (Å²) in [7, 11) is -0.349. The molecule has 17 heteroatoms. The molecule has 4 heterocycles. The molecule has 0 amide bonds. The van der Waals surface area contributed by atoms with Crippen LogP contribution in [0.5, 0.6) is 5.75 Å². The second-order valence-corrected chi connectivity index (χ2v) is 11.8. The van der Waals surface area contributed by atoms with Gasteiger partial charge in [0.1, 0.15) is 5.75 Å². The van der Waals surface area contributed by atoms with Gasteiger partial charge in [0, 0.05) is 31.4 Å². The zero-order chi connectivity index (χ0) is 29.5. The van der Waals surface area contributed by atoms with Crippen molar-refractivity contribution in [2.75, 3.05) is 52.0 Å². The number of halogens is 3. The van der Waals surface area contributed by atoms with E-state index in [-0.39, 0.29) is 32.2 Å². The molecule has 2 aliphatic heterocycles. The number of hydrogen-bond acceptors (Lipinski definition) is 11. The minimum atomic E-state index is -5.13. The van der Waals surface area contributed by atoms with E-state index in [1.54, 1.807) is 36.3 Å². The van der Waals surface area contributed by atoms with E-state index in [4.69, 9.17) is 14.2 Å². The van der Waals surface area contributed by atoms with Crippen molar-refractivity contribution in [3.8, 4) is 5.75 Å². The molecule has 222 valence electrons. The molecule has 1 unspecified atom stereocenters. The highest BCUT2D eigenvalue weighted by atomic mass is 32.2. The summed E-state index contributed by atoms with van der Waals surface area (Å²) in [5, 5.41) is 8.02. The third-order valence-corrected chi connectivity index (χ3v) is 8.15. The predicted octanol–water partition coefficient (Wildman–Crippen LogP) is 1.83. The Morgan fingerprint density at radius 2 is 2.02 bits per heavy atom. The summed E-state index contributed by atoms with van der Waals surface area (Å²) in [6.07, 6.45) is -2.06. The average Bonchev–Trinajstić information content (AvgIpc) is 3.31. The van der Waals surface area contributed by atoms with Gasteiger partial charge in [-0.25, -0.2) is 22.9 Å². The topological polar surface area (TPSA) is 141 Å². The first-order chi connectivity index (χ1) is 19.3. The first kappa shape index (κ1) is 29.0. The van der Waals surface area contributed by atoms with E-state index in [1.165, 1.54) is 16.3 Å². The number of sulfonamides is 1. The van der Waals surface area contributed by atoms with E-state index in [0.29, 0.717) is 46.6 Å². The Bertz CT molecular complexity index is 1570. The zero-order valence-corrected chi connectivity index (χ0v) is 23.2. The average molecular weight is 600 g/mol. The van der Waals surface area contributed by atoms with Crippen LogP contribution in [0.3, 0.4) is 0 Å². The van der Waals surface area contributed by atoms with Crippen LogP contribution >= 0.6 is 0 Å². The SMILES string of the molecule is COc1cc2c(cc1Nc1ncc3cnn(CC4CN(S(C)(=O)=O)CCO4)c3n1)[C@H](OC(=O)C(F)(F)F)N(C)CC2. The molecule has 0 spiro atoms. The van der Waals surface area contributed by atoms with E-state index < -0.39 is 34.5 Å². The van der Waals surface area contributed by atoms with Gasteiger partial charge in [0.2, 0.25) is 16.0 Å². The molecule has 2 aromatic heterocycles. The molecule has 1 saturated heterocycles. The van der Waals surface area contributed by atoms with Gasteiger partial charge in [-0.15, -0.1) is 0 Å². The van der Waals surface area contributed by atoms with Crippen LogP contribution in [0.4, 0.5) is 24.8 Å². The Morgan fingerprint density at radius 3 is 2.73 bits per heavy atom. The number of alkyl halides is 3. The zero-order valence-electron chi connectivity index (χ0n) is 22.4. The number of carbonyl (C=O) groups is 1. The monoisotopic (exact) mass is 599 g/mol. The molecule has 0 saturated carbocycles. The van der Waals surface area contributed by atoms with Crippen LogP contribution in [-0.2, 0) is 37.3 Å². The summed E-state index contributed by atoms with van der Waals surface area (Å²) >= 11 is 0. The number of morpholine rings is 1. The largest absolute Gasteiger partial charge is 0.495 e. The van der Waals surface area contributed by atoms with Crippen molar-refractivity contribution in [2.24, 2.45) is 0 Å². The van der Waals surface area contributed by atoms with Crippen molar-refractivity contribution in [1.29, 1.82) is 0 Å². The number of esters is 1. The molecule has 0 aliphatic carbocycles. The number of hydrogen-bond donors (Lipinski definition) is 1. The van der Waals surface area contributed by atoms with E-state index in [2.05, 4.69) is 20.4 Å². The van der Waals surface area contributed by atoms with Gasteiger partial charge in [0.15, 0.2) is 11.9 Å². The lowest BCUT2D eigenvalue weighted by Gasteiger charge is -2.34. The number of carbonyl (C=O) groups excluding carboxylic acids is 1. The van der Waals surface area contributed by atoms with Gasteiger partial charge in [-0.1, -0.05) is 0 Å². The van der Waals surface area contributed by atoms with E-state index in [1.807, 2.05) is 0 Å². The van der Waals surface area contributed by atoms with Crippen LogP contribution < -0.4 is 10.1 Å². The highest BCUT2D eigenvalue weighted by Crippen LogP contribution is 2.38. The Morgan fingerprint density at radius 1 is 1.24 bits per heavy atom. The second-order valence-electron chi connectivity index (χ2n) is 9.78. The number of fused-ring (bicyclic) bond motifs is 2. The van der Waals surface area contributed by atoms with E-state index >= 15 is 0 Å². The summed E-state index contributed by atoms with van der Waals surface area (Å²) in [5.41, 5.74) is 1.85. The second kappa shape index (κ2) is 11.0. The number of ether oxygens (including phenoxy) is 3. The first-order valence-corrected chi connectivity index (χ1v) is 14.4. The van der Waals surface area contributed by atoms with Gasteiger partial charge in [-0.3, -0.25) is 4.90 Å². The number of aromatic nitrogens is 4. The molecule has 41 heavy (non-hydrogen) atoms. The van der Waals surface area contributed by atoms with Crippen LogP contribution in [-0.4, -0.2) is 102 Å². The molecule has 13 nitrogen and oxygen atoms in total. The molecule has 1 fully saturated rings. The summed E-state index contributed by atoms with van der Waals surface area (Å²) < 4.78 is 81.9. The van der Waals surface area contributed by atoms with Crippen molar-refractivity contribution < 1.29 is 40.6 Å². The number of rotatable bonds is 7. The van der Waals surface area contributed by atoms with E-state index in [9.17, 15) is 26.4 Å². The summed E-state index contributed by atoms with van der Waals surface area (Å²) in [5.74, 6) is -1.74. The third kappa shape index (κ3) is 6.22. The highest BCUT2D eigenvalue weighted by Gasteiger charge is 2.44. The Kier molecular flexibility index (Phi) is 7.80. The predicted molar refractivity (Wildman–Crippen MR) is 139 cm³/mol. The van der Waals surface area contributed by atoms with Crippen LogP contribution in [0.1, 0.15) is 17.4 Å². The standard InChI is InChI=1S/C24H28F3N7O6S/c1-32-5-4-14-8-19(38-2)18(9-17(14)21(32)40-22(35)24(25,26)27)30-23-28-10-15-11-29-34(20(15)31-23)13-16-12-33(6-7-39-16)41(3,36)37/h8-11,16,21H,4-7,12-13H2,1-3H3,(H,28,30,31)/t16?,21-/m0/s1. The summed E-state index contributed by atoms with van der Waals surface area (Å²) in [4.78, 5) is 22.0. The Labute approximate surface area is 233 Å². The maximum Gasteiger partial charge on any atom is 0.490 e. The summed E-state index contributed by atoms with van der Waals surface area (Å²) in [6.45, 7) is 1.32. The minimum Gasteiger partial charge on any atom is -0.495 e.